The number of aliphatic imine (C=N–C) groups is 1. The first-order valence-electron chi connectivity index (χ1n) is 8.25. The van der Waals surface area contributed by atoms with E-state index in [1.165, 1.54) is 15.3 Å². The van der Waals surface area contributed by atoms with Gasteiger partial charge in [-0.1, -0.05) is 36.4 Å². The van der Waals surface area contributed by atoms with Gasteiger partial charge in [-0.15, -0.1) is 46.7 Å². The zero-order valence-corrected chi connectivity index (χ0v) is 18.8. The van der Waals surface area contributed by atoms with Crippen LogP contribution in [0.5, 0.6) is 0 Å². The van der Waals surface area contributed by atoms with E-state index in [1.807, 2.05) is 18.2 Å². The van der Waals surface area contributed by atoms with E-state index in [1.54, 1.807) is 29.7 Å². The molecule has 0 aliphatic heterocycles. The quantitative estimate of drug-likeness (QED) is 0.294. The second kappa shape index (κ2) is 10.6. The monoisotopic (exact) mass is 498 g/mol. The number of guanidine groups is 1. The molecule has 2 N–H and O–H groups in total. The molecule has 3 rings (SSSR count). The first kappa shape index (κ1) is 20.9. The van der Waals surface area contributed by atoms with Gasteiger partial charge in [-0.25, -0.2) is 4.98 Å². The third kappa shape index (κ3) is 5.78. The molecule has 0 saturated carbocycles. The van der Waals surface area contributed by atoms with Gasteiger partial charge in [-0.05, 0) is 24.8 Å². The summed E-state index contributed by atoms with van der Waals surface area (Å²) in [5.74, 6) is 0.825. The molecule has 0 fully saturated rings. The Hall–Kier alpha value is -1.45. The third-order valence-electron chi connectivity index (χ3n) is 3.80. The van der Waals surface area contributed by atoms with E-state index < -0.39 is 0 Å². The van der Waals surface area contributed by atoms with E-state index in [0.717, 1.165) is 36.2 Å². The highest BCUT2D eigenvalue weighted by Crippen LogP contribution is 2.27. The number of benzene rings is 1. The zero-order chi connectivity index (χ0) is 17.5. The van der Waals surface area contributed by atoms with Gasteiger partial charge in [-0.3, -0.25) is 4.99 Å². The number of nitrogens with one attached hydrogen (secondary N) is 2. The number of rotatable bonds is 6. The summed E-state index contributed by atoms with van der Waals surface area (Å²) in [6.07, 6.45) is 1.01. The molecule has 4 nitrogen and oxygen atoms in total. The van der Waals surface area contributed by atoms with Crippen molar-refractivity contribution in [2.75, 3.05) is 13.6 Å². The van der Waals surface area contributed by atoms with Crippen molar-refractivity contribution in [1.29, 1.82) is 0 Å². The van der Waals surface area contributed by atoms with Crippen molar-refractivity contribution in [2.24, 2.45) is 4.99 Å². The summed E-state index contributed by atoms with van der Waals surface area (Å²) in [6.45, 7) is 3.67. The number of halogens is 1. The van der Waals surface area contributed by atoms with Crippen LogP contribution in [-0.4, -0.2) is 24.5 Å². The molecule has 0 aliphatic carbocycles. The number of nitrogens with zero attached hydrogens (tertiary/aromatic N) is 2. The van der Waals surface area contributed by atoms with Crippen LogP contribution in [0.25, 0.3) is 10.6 Å². The summed E-state index contributed by atoms with van der Waals surface area (Å²) in [4.78, 5) is 11.6. The Labute approximate surface area is 179 Å². The average Bonchev–Trinajstić information content (AvgIpc) is 3.28. The number of thiophene rings is 1. The number of aryl methyl sites for hydroxylation is 1. The molecule has 3 aromatic rings. The molecule has 0 unspecified atom stereocenters. The summed E-state index contributed by atoms with van der Waals surface area (Å²) >= 11 is 3.52. The number of aromatic nitrogens is 1. The largest absolute Gasteiger partial charge is 0.356 e. The maximum Gasteiger partial charge on any atom is 0.191 e. The van der Waals surface area contributed by atoms with Gasteiger partial charge in [0.2, 0.25) is 0 Å². The van der Waals surface area contributed by atoms with E-state index >= 15 is 0 Å². The third-order valence-corrected chi connectivity index (χ3v) is 5.94. The minimum absolute atomic E-state index is 0. The number of hydrogen-bond acceptors (Lipinski definition) is 4. The average molecular weight is 498 g/mol. The Morgan fingerprint density at radius 1 is 1.12 bits per heavy atom. The molecule has 1 aromatic carbocycles. The minimum Gasteiger partial charge on any atom is -0.356 e. The van der Waals surface area contributed by atoms with Crippen molar-refractivity contribution < 1.29 is 0 Å². The van der Waals surface area contributed by atoms with Crippen molar-refractivity contribution in [2.45, 2.75) is 19.9 Å². The van der Waals surface area contributed by atoms with Gasteiger partial charge in [0.1, 0.15) is 5.01 Å². The molecule has 0 aliphatic rings. The first-order valence-corrected chi connectivity index (χ1v) is 9.94. The van der Waals surface area contributed by atoms with Crippen molar-refractivity contribution >= 4 is 52.6 Å². The minimum atomic E-state index is 0. The maximum atomic E-state index is 4.70. The molecule has 0 bridgehead atoms. The lowest BCUT2D eigenvalue weighted by Crippen LogP contribution is -2.37. The highest BCUT2D eigenvalue weighted by atomic mass is 127. The molecule has 26 heavy (non-hydrogen) atoms. The second-order valence-electron chi connectivity index (χ2n) is 5.58. The highest BCUT2D eigenvalue weighted by Gasteiger charge is 2.09. The molecule has 138 valence electrons. The summed E-state index contributed by atoms with van der Waals surface area (Å²) in [5, 5.41) is 9.93. The zero-order valence-electron chi connectivity index (χ0n) is 14.9. The SMILES string of the molecule is CN=C(NCCc1cccs1)NCc1sc(-c2ccccc2)nc1C.I. The van der Waals surface area contributed by atoms with E-state index in [9.17, 15) is 0 Å². The second-order valence-corrected chi connectivity index (χ2v) is 7.69. The Kier molecular flexibility index (Phi) is 8.53. The van der Waals surface area contributed by atoms with Gasteiger partial charge in [-0.2, -0.15) is 0 Å². The summed E-state index contributed by atoms with van der Waals surface area (Å²) in [7, 11) is 1.80. The van der Waals surface area contributed by atoms with Gasteiger partial charge in [0.05, 0.1) is 12.2 Å². The van der Waals surface area contributed by atoms with Crippen molar-refractivity contribution in [3.63, 3.8) is 0 Å². The molecule has 0 radical (unpaired) electrons. The molecular weight excluding hydrogens is 475 g/mol. The molecule has 7 heteroatoms. The lowest BCUT2D eigenvalue weighted by atomic mass is 10.2. The van der Waals surface area contributed by atoms with Gasteiger partial charge >= 0.3 is 0 Å². The van der Waals surface area contributed by atoms with Crippen LogP contribution in [0.15, 0.2) is 52.8 Å². The standard InChI is InChI=1S/C19H22N4S2.HI/c1-14-17(25-18(23-14)15-7-4-3-5-8-15)13-22-19(20-2)21-11-10-16-9-6-12-24-16;/h3-9,12H,10-11,13H2,1-2H3,(H2,20,21,22);1H. The Morgan fingerprint density at radius 2 is 1.92 bits per heavy atom. The Balaban J connectivity index is 0.00000243. The fourth-order valence-corrected chi connectivity index (χ4v) is 4.16. The van der Waals surface area contributed by atoms with Gasteiger partial charge in [0, 0.05) is 28.9 Å². The topological polar surface area (TPSA) is 49.3 Å². The molecule has 0 amide bonds. The normalized spacial score (nSPS) is 11.1. The predicted molar refractivity (Wildman–Crippen MR) is 124 cm³/mol. The fraction of sp³-hybridized carbons (Fsp3) is 0.263. The van der Waals surface area contributed by atoms with Gasteiger partial charge in [0.25, 0.3) is 0 Å². The van der Waals surface area contributed by atoms with Crippen LogP contribution in [0.1, 0.15) is 15.4 Å². The van der Waals surface area contributed by atoms with E-state index in [0.29, 0.717) is 0 Å². The van der Waals surface area contributed by atoms with E-state index in [4.69, 9.17) is 4.98 Å². The summed E-state index contributed by atoms with van der Waals surface area (Å²) in [5.41, 5.74) is 2.24. The van der Waals surface area contributed by atoms with E-state index in [-0.39, 0.29) is 24.0 Å². The van der Waals surface area contributed by atoms with Crippen LogP contribution in [0.3, 0.4) is 0 Å². The fourth-order valence-electron chi connectivity index (χ4n) is 2.44. The highest BCUT2D eigenvalue weighted by molar-refractivity contribution is 14.0. The lowest BCUT2D eigenvalue weighted by molar-refractivity contribution is 0.801. The number of thiazole rings is 1. The molecule has 0 saturated heterocycles. The van der Waals surface area contributed by atoms with Crippen LogP contribution in [0.4, 0.5) is 0 Å². The first-order chi connectivity index (χ1) is 12.3. The van der Waals surface area contributed by atoms with Gasteiger partial charge in [0.15, 0.2) is 5.96 Å². The number of hydrogen-bond donors (Lipinski definition) is 2. The molecular formula is C19H23IN4S2. The molecule has 0 spiro atoms. The summed E-state index contributed by atoms with van der Waals surface area (Å²) in [6, 6.07) is 14.6. The molecule has 2 aromatic heterocycles. The lowest BCUT2D eigenvalue weighted by Gasteiger charge is -2.10. The van der Waals surface area contributed by atoms with Crippen LogP contribution in [0.2, 0.25) is 0 Å². The maximum absolute atomic E-state index is 4.70. The van der Waals surface area contributed by atoms with Crippen LogP contribution in [-0.2, 0) is 13.0 Å². The van der Waals surface area contributed by atoms with Gasteiger partial charge < -0.3 is 10.6 Å². The molecule has 2 heterocycles. The molecule has 0 atom stereocenters. The van der Waals surface area contributed by atoms with Crippen molar-refractivity contribution in [3.8, 4) is 10.6 Å². The van der Waals surface area contributed by atoms with Crippen molar-refractivity contribution in [3.05, 3.63) is 63.3 Å². The van der Waals surface area contributed by atoms with Crippen molar-refractivity contribution in [1.82, 2.24) is 15.6 Å². The van der Waals surface area contributed by atoms with Crippen LogP contribution >= 0.6 is 46.7 Å². The Bertz CT molecular complexity index is 813. The van der Waals surface area contributed by atoms with E-state index in [2.05, 4.69) is 52.2 Å². The van der Waals surface area contributed by atoms with Crippen LogP contribution < -0.4 is 10.6 Å². The van der Waals surface area contributed by atoms with Crippen LogP contribution in [0, 0.1) is 6.92 Å². The Morgan fingerprint density at radius 3 is 2.62 bits per heavy atom. The smallest absolute Gasteiger partial charge is 0.191 e. The summed E-state index contributed by atoms with van der Waals surface area (Å²) < 4.78 is 0. The predicted octanol–water partition coefficient (Wildman–Crippen LogP) is 4.71.